The summed E-state index contributed by atoms with van der Waals surface area (Å²) in [5.74, 6) is 2.11. The van der Waals surface area contributed by atoms with Gasteiger partial charge >= 0.3 is 0 Å². The molecule has 1 N–H and O–H groups in total. The molecule has 1 heterocycles. The predicted octanol–water partition coefficient (Wildman–Crippen LogP) is 6.00. The van der Waals surface area contributed by atoms with Crippen LogP contribution in [0, 0.1) is 5.92 Å². The lowest BCUT2D eigenvalue weighted by molar-refractivity contribution is 0.121. The Morgan fingerprint density at radius 2 is 1.71 bits per heavy atom. The minimum absolute atomic E-state index is 0.122. The number of rotatable bonds is 14. The summed E-state index contributed by atoms with van der Waals surface area (Å²) in [6.45, 7) is 19.8. The van der Waals surface area contributed by atoms with Crippen molar-refractivity contribution in [1.29, 1.82) is 0 Å². The van der Waals surface area contributed by atoms with E-state index in [0.29, 0.717) is 25.4 Å². The summed E-state index contributed by atoms with van der Waals surface area (Å²) in [5, 5.41) is 9.77. The van der Waals surface area contributed by atoms with E-state index in [1.165, 1.54) is 11.1 Å². The molecule has 1 saturated heterocycles. The molecule has 0 radical (unpaired) electrons. The van der Waals surface area contributed by atoms with Crippen molar-refractivity contribution in [3.8, 4) is 5.75 Å². The number of benzene rings is 1. The number of allylic oxidation sites excluding steroid dienone is 6. The maximum atomic E-state index is 9.77. The molecular formula is C30H40O4. The van der Waals surface area contributed by atoms with Gasteiger partial charge in [-0.25, -0.2) is 0 Å². The average Bonchev–Trinajstić information content (AvgIpc) is 3.62. The first-order valence-electron chi connectivity index (χ1n) is 12.3. The molecule has 0 aromatic heterocycles. The van der Waals surface area contributed by atoms with Crippen molar-refractivity contribution >= 4 is 0 Å². The van der Waals surface area contributed by atoms with Crippen LogP contribution in [0.2, 0.25) is 0 Å². The van der Waals surface area contributed by atoms with Gasteiger partial charge < -0.3 is 19.3 Å². The molecule has 2 aliphatic rings. The molecule has 3 rings (SSSR count). The van der Waals surface area contributed by atoms with Gasteiger partial charge in [-0.05, 0) is 72.3 Å². The minimum atomic E-state index is -0.533. The molecule has 34 heavy (non-hydrogen) atoms. The summed E-state index contributed by atoms with van der Waals surface area (Å²) < 4.78 is 17.4. The predicted molar refractivity (Wildman–Crippen MR) is 139 cm³/mol. The third-order valence-electron chi connectivity index (χ3n) is 6.58. The SMILES string of the molecule is C=CCC1=CC(C(C)(C)c2cc(CC=C)c(OCC(C)O)c(CC=C)c2)CC=C1OCC1CO1. The zero-order chi connectivity index (χ0) is 24.7. The summed E-state index contributed by atoms with van der Waals surface area (Å²) in [7, 11) is 0. The van der Waals surface area contributed by atoms with Crippen LogP contribution in [0.15, 0.2) is 73.6 Å². The smallest absolute Gasteiger partial charge is 0.126 e. The molecule has 3 atom stereocenters. The van der Waals surface area contributed by atoms with E-state index in [-0.39, 0.29) is 18.1 Å². The Balaban J connectivity index is 1.93. The summed E-state index contributed by atoms with van der Waals surface area (Å²) in [6.07, 6.45) is 13.1. The Morgan fingerprint density at radius 3 is 2.24 bits per heavy atom. The van der Waals surface area contributed by atoms with E-state index >= 15 is 0 Å². The number of hydrogen-bond donors (Lipinski definition) is 1. The first-order valence-corrected chi connectivity index (χ1v) is 12.3. The van der Waals surface area contributed by atoms with Gasteiger partial charge in [0.05, 0.1) is 12.7 Å². The highest BCUT2D eigenvalue weighted by Gasteiger charge is 2.34. The van der Waals surface area contributed by atoms with Crippen LogP contribution in [0.1, 0.15) is 50.3 Å². The number of aliphatic hydroxyl groups excluding tert-OH is 1. The maximum absolute atomic E-state index is 9.77. The monoisotopic (exact) mass is 464 g/mol. The van der Waals surface area contributed by atoms with E-state index < -0.39 is 6.10 Å². The van der Waals surface area contributed by atoms with Gasteiger partial charge in [-0.3, -0.25) is 0 Å². The molecule has 0 amide bonds. The number of hydrogen-bond acceptors (Lipinski definition) is 4. The van der Waals surface area contributed by atoms with Crippen molar-refractivity contribution in [2.24, 2.45) is 5.92 Å². The van der Waals surface area contributed by atoms with Gasteiger partial charge in [-0.1, -0.05) is 50.3 Å². The van der Waals surface area contributed by atoms with Crippen LogP contribution in [-0.4, -0.2) is 37.1 Å². The van der Waals surface area contributed by atoms with E-state index in [2.05, 4.69) is 57.9 Å². The molecule has 1 aromatic carbocycles. The van der Waals surface area contributed by atoms with Crippen LogP contribution < -0.4 is 4.74 Å². The quantitative estimate of drug-likeness (QED) is 0.271. The molecule has 4 heteroatoms. The molecule has 0 spiro atoms. The van der Waals surface area contributed by atoms with Crippen molar-refractivity contribution in [1.82, 2.24) is 0 Å². The Hall–Kier alpha value is -2.56. The van der Waals surface area contributed by atoms with E-state index in [0.717, 1.165) is 42.1 Å². The van der Waals surface area contributed by atoms with Crippen LogP contribution in [0.5, 0.6) is 5.75 Å². The summed E-state index contributed by atoms with van der Waals surface area (Å²) in [6, 6.07) is 4.49. The number of aliphatic hydroxyl groups is 1. The second kappa shape index (κ2) is 11.7. The zero-order valence-electron chi connectivity index (χ0n) is 21.0. The zero-order valence-corrected chi connectivity index (χ0v) is 21.0. The molecule has 0 saturated carbocycles. The highest BCUT2D eigenvalue weighted by molar-refractivity contribution is 5.49. The third kappa shape index (κ3) is 6.52. The molecular weight excluding hydrogens is 424 g/mol. The standard InChI is InChI=1S/C30H40O4/c1-7-10-22-15-25(13-14-28(22)33-20-27-19-32-27)30(5,6)26-16-23(11-8-2)29(34-18-21(4)31)24(17-26)12-9-3/h7-9,14-17,21,25,27,31H,1-3,10-13,18-20H2,4-6H3. The Kier molecular flexibility index (Phi) is 8.98. The molecule has 1 aromatic rings. The third-order valence-corrected chi connectivity index (χ3v) is 6.58. The highest BCUT2D eigenvalue weighted by Crippen LogP contribution is 2.42. The fourth-order valence-corrected chi connectivity index (χ4v) is 4.43. The van der Waals surface area contributed by atoms with Gasteiger partial charge in [-0.15, -0.1) is 19.7 Å². The molecule has 1 fully saturated rings. The van der Waals surface area contributed by atoms with Gasteiger partial charge in [0.15, 0.2) is 0 Å². The Bertz CT molecular complexity index is 916. The molecule has 1 aliphatic carbocycles. The largest absolute Gasteiger partial charge is 0.491 e. The topological polar surface area (TPSA) is 51.2 Å². The highest BCUT2D eigenvalue weighted by atomic mass is 16.6. The van der Waals surface area contributed by atoms with Crippen molar-refractivity contribution < 1.29 is 19.3 Å². The van der Waals surface area contributed by atoms with Gasteiger partial charge in [0.1, 0.15) is 30.8 Å². The maximum Gasteiger partial charge on any atom is 0.126 e. The molecule has 3 unspecified atom stereocenters. The first kappa shape index (κ1) is 26.1. The Labute approximate surface area is 205 Å². The lowest BCUT2D eigenvalue weighted by Gasteiger charge is -2.36. The van der Waals surface area contributed by atoms with Crippen LogP contribution >= 0.6 is 0 Å². The minimum Gasteiger partial charge on any atom is -0.491 e. The lowest BCUT2D eigenvalue weighted by atomic mass is 9.69. The molecule has 0 bridgehead atoms. The first-order chi connectivity index (χ1) is 16.3. The average molecular weight is 465 g/mol. The van der Waals surface area contributed by atoms with Gasteiger partial charge in [0.2, 0.25) is 0 Å². The van der Waals surface area contributed by atoms with Crippen LogP contribution in [0.4, 0.5) is 0 Å². The summed E-state index contributed by atoms with van der Waals surface area (Å²) >= 11 is 0. The van der Waals surface area contributed by atoms with E-state index in [1.807, 2.05) is 18.2 Å². The second-order valence-electron chi connectivity index (χ2n) is 9.85. The van der Waals surface area contributed by atoms with Gasteiger partial charge in [-0.2, -0.15) is 0 Å². The van der Waals surface area contributed by atoms with E-state index in [9.17, 15) is 5.11 Å². The van der Waals surface area contributed by atoms with Crippen molar-refractivity contribution in [3.63, 3.8) is 0 Å². The molecule has 1 aliphatic heterocycles. The van der Waals surface area contributed by atoms with Crippen molar-refractivity contribution in [2.45, 2.75) is 64.1 Å². The fraction of sp³-hybridized carbons (Fsp3) is 0.467. The van der Waals surface area contributed by atoms with E-state index in [1.54, 1.807) is 6.92 Å². The van der Waals surface area contributed by atoms with Gasteiger partial charge in [0, 0.05) is 0 Å². The van der Waals surface area contributed by atoms with Gasteiger partial charge in [0.25, 0.3) is 0 Å². The lowest BCUT2D eigenvalue weighted by Crippen LogP contribution is -2.29. The molecule has 184 valence electrons. The van der Waals surface area contributed by atoms with Crippen LogP contribution in [0.25, 0.3) is 0 Å². The number of ether oxygens (including phenoxy) is 3. The van der Waals surface area contributed by atoms with Crippen molar-refractivity contribution in [3.05, 3.63) is 90.3 Å². The second-order valence-corrected chi connectivity index (χ2v) is 9.85. The number of epoxide rings is 1. The van der Waals surface area contributed by atoms with Crippen LogP contribution in [0.3, 0.4) is 0 Å². The summed E-state index contributed by atoms with van der Waals surface area (Å²) in [4.78, 5) is 0. The van der Waals surface area contributed by atoms with E-state index in [4.69, 9.17) is 14.2 Å². The van der Waals surface area contributed by atoms with Crippen molar-refractivity contribution in [2.75, 3.05) is 19.8 Å². The normalized spacial score (nSPS) is 20.6. The Morgan fingerprint density at radius 1 is 1.09 bits per heavy atom. The summed E-state index contributed by atoms with van der Waals surface area (Å²) in [5.41, 5.74) is 4.51. The molecule has 4 nitrogen and oxygen atoms in total. The van der Waals surface area contributed by atoms with Crippen LogP contribution in [-0.2, 0) is 27.7 Å². The fourth-order valence-electron chi connectivity index (χ4n) is 4.43.